The van der Waals surface area contributed by atoms with Crippen LogP contribution in [0.4, 0.5) is 0 Å². The molecule has 0 N–H and O–H groups in total. The van der Waals surface area contributed by atoms with Gasteiger partial charge in [0.25, 0.3) is 7.86 Å². The van der Waals surface area contributed by atoms with Crippen LogP contribution < -0.4 is 0 Å². The molecule has 16 fully saturated rings. The van der Waals surface area contributed by atoms with Crippen molar-refractivity contribution in [2.45, 2.75) is 406 Å². The zero-order chi connectivity index (χ0) is 108. The van der Waals surface area contributed by atoms with Crippen LogP contribution in [-0.2, 0) is 53.1 Å². The van der Waals surface area contributed by atoms with E-state index < -0.39 is 55.1 Å². The fourth-order valence-electron chi connectivity index (χ4n) is 19.7. The molecule has 0 amide bonds. The molecule has 0 spiro atoms. The Labute approximate surface area is 992 Å². The largest absolute Gasteiger partial charge is 0.497 e. The van der Waals surface area contributed by atoms with Gasteiger partial charge in [0.1, 0.15) is 0 Å². The lowest BCUT2D eigenvalue weighted by molar-refractivity contribution is 0.0774. The third kappa shape index (κ3) is 113. The molecule has 16 bridgehead atoms. The van der Waals surface area contributed by atoms with Gasteiger partial charge < -0.3 is 53.1 Å². The van der Waals surface area contributed by atoms with Crippen molar-refractivity contribution in [2.75, 3.05) is 127 Å². The molecule has 40 heteroatoms. The highest BCUT2D eigenvalue weighted by atomic mass is 80.0. The first-order chi connectivity index (χ1) is 64.6. The number of hydrogen-bond donors (Lipinski definition) is 0. The molecule has 16 aliphatic carbocycles. The van der Waals surface area contributed by atoms with Crippen LogP contribution in [0.5, 0.6) is 0 Å². The Morgan fingerprint density at radius 3 is 0.268 bits per heavy atom. The lowest BCUT2D eigenvalue weighted by atomic mass is 10.0. The Morgan fingerprint density at radius 2 is 0.246 bits per heavy atom. The third-order valence-corrected chi connectivity index (χ3v) is 35.1. The summed E-state index contributed by atoms with van der Waals surface area (Å²) < 4.78 is 59.7. The molecule has 0 aromatic rings. The predicted octanol–water partition coefficient (Wildman–Crippen LogP) is 42.5. The SMILES string of the molecule is C1CC2CCC1C2.C1CC2CCC1C2.C1CC2CCC1C2.C1CC2CCC1C2.C1CC2CCC1C2.C1CC2CCC1C2.C1CC2CCC1C2.C1CC2CCC1C2.CCBr.CCBr.CCBr.CCBr.CCCl.CCCl.CCCl.CCCl.CCO[Si](C)(OCC)OCC.CCO[Si](C)(OCC)OCC.CO[Si](C)(OC)OC.CO[Si](C)(OC)OC.C[Si](Br)(Br)Br.C[Si](Br)(Br)Br.C[Si](Cl)(Cl)Cl.C[Si](Cl)(Cl)Cl. The Bertz CT molecular complexity index is 1930. The molecule has 844 valence electrons. The van der Waals surface area contributed by atoms with Crippen LogP contribution in [-0.4, -0.2) is 182 Å². The maximum absolute atomic E-state index is 5.40. The molecule has 0 unspecified atom stereocenters. The topological polar surface area (TPSA) is 111 Å². The number of alkyl halides is 8. The van der Waals surface area contributed by atoms with Crippen LogP contribution in [0, 0.1) is 94.7 Å². The van der Waals surface area contributed by atoms with E-state index in [1.54, 1.807) is 313 Å². The Hall–Kier alpha value is 8.96. The molecule has 0 aromatic heterocycles. The average Bonchev–Trinajstić information content (AvgIpc) is 1.85. The van der Waals surface area contributed by atoms with Crippen LogP contribution in [0.1, 0.15) is 354 Å². The van der Waals surface area contributed by atoms with Gasteiger partial charge in [-0.25, -0.2) is 0 Å². The van der Waals surface area contributed by atoms with E-state index in [1.807, 2.05) is 123 Å². The first-order valence-electron chi connectivity index (χ1n) is 52.5. The Kier molecular flexibility index (Phi) is 123. The lowest BCUT2D eigenvalue weighted by Crippen LogP contribution is -2.42. The maximum Gasteiger partial charge on any atom is 0.497 e. The van der Waals surface area contributed by atoms with Gasteiger partial charge in [0.2, 0.25) is 0 Å². The summed E-state index contributed by atoms with van der Waals surface area (Å²) in [7, 11) is 0.654. The van der Waals surface area contributed by atoms with E-state index >= 15 is 0 Å². The van der Waals surface area contributed by atoms with E-state index in [0.29, 0.717) is 39.6 Å². The van der Waals surface area contributed by atoms with Crippen LogP contribution in [0.25, 0.3) is 0 Å². The molecule has 16 rings (SSSR count). The van der Waals surface area contributed by atoms with Crippen molar-refractivity contribution in [3.05, 3.63) is 0 Å². The second kappa shape index (κ2) is 105. The van der Waals surface area contributed by atoms with Crippen LogP contribution in [0.3, 0.4) is 0 Å². The van der Waals surface area contributed by atoms with Gasteiger partial charge in [-0.1, -0.05) is 416 Å². The van der Waals surface area contributed by atoms with Gasteiger partial charge in [-0.2, -0.15) is 0 Å². The minimum atomic E-state index is -2.25. The summed E-state index contributed by atoms with van der Waals surface area (Å²) in [5.74, 6) is 21.6. The molecular weight excluding hydrogens is 2750 g/mol. The minimum Gasteiger partial charge on any atom is -0.377 e. The van der Waals surface area contributed by atoms with Gasteiger partial charge in [-0.3, -0.25) is 0 Å². The molecule has 12 nitrogen and oxygen atoms in total. The van der Waals surface area contributed by atoms with Crippen molar-refractivity contribution in [3.63, 3.8) is 0 Å². The van der Waals surface area contributed by atoms with Gasteiger partial charge in [-0.05, 0) is 214 Å². The molecule has 0 saturated heterocycles. The van der Waals surface area contributed by atoms with Crippen molar-refractivity contribution in [1.29, 1.82) is 0 Å². The number of halogens is 20. The molecule has 138 heavy (non-hydrogen) atoms. The van der Waals surface area contributed by atoms with E-state index in [2.05, 4.69) is 169 Å². The van der Waals surface area contributed by atoms with Crippen molar-refractivity contribution >= 4 is 323 Å². The third-order valence-electron chi connectivity index (χ3n) is 25.7. The molecular formula is C98H208Br10Cl10O12Si8. The first-order valence-corrected chi connectivity index (χ1v) is 97.7. The zero-order valence-electron chi connectivity index (χ0n) is 91.9. The van der Waals surface area contributed by atoms with Crippen LogP contribution in [0.15, 0.2) is 0 Å². The highest BCUT2D eigenvalue weighted by Crippen LogP contribution is 2.49. The Morgan fingerprint density at radius 1 is 0.188 bits per heavy atom. The lowest BCUT2D eigenvalue weighted by Gasteiger charge is -2.23. The number of hydrogen-bond acceptors (Lipinski definition) is 12. The molecule has 0 radical (unpaired) electrons. The van der Waals surface area contributed by atoms with Crippen molar-refractivity contribution in [2.24, 2.45) is 94.7 Å². The quantitative estimate of drug-likeness (QED) is 0.0740. The van der Waals surface area contributed by atoms with Gasteiger partial charge in [0, 0.05) is 153 Å². The van der Waals surface area contributed by atoms with Gasteiger partial charge in [0.15, 0.2) is 0 Å². The summed E-state index contributed by atoms with van der Waals surface area (Å²) in [5, 5.41) is 4.25. The van der Waals surface area contributed by atoms with E-state index in [9.17, 15) is 0 Å². The summed E-state index contributed by atoms with van der Waals surface area (Å²) in [5.41, 5.74) is 0. The monoisotopic (exact) mass is 2940 g/mol. The standard InChI is InChI=1S/2C7H18O3Si.8C7H12.2C4H12O3Si.4C2H5Br.4C2H5Cl.2CH3Br3Si.2CH3Cl3Si/c2*1-5-8-11(4,9-6-2)10-7-3;8*1-2-7-4-3-6(1)5-7;2*1-5-8(4,6-2)7-3;8*1-2-3;4*1-5(2,3)4/h2*5-7H2,1-4H3;8*6-7H,1-5H2;2*1-4H3;8*2H2,1H3;4*1H3. The minimum absolute atomic E-state index is 0.655. The summed E-state index contributed by atoms with van der Waals surface area (Å²) in [6, 6.07) is -4.39. The summed E-state index contributed by atoms with van der Waals surface area (Å²) in [6.07, 6.45) is 62.6. The summed E-state index contributed by atoms with van der Waals surface area (Å²) >= 11 is 83.9. The van der Waals surface area contributed by atoms with Crippen LogP contribution >= 0.6 is 268 Å². The molecule has 0 atom stereocenters. The van der Waals surface area contributed by atoms with Crippen molar-refractivity contribution in [3.8, 4) is 0 Å². The highest BCUT2D eigenvalue weighted by molar-refractivity contribution is 9.72. The number of fused-ring (bicyclic) bond motifs is 16. The van der Waals surface area contributed by atoms with E-state index in [4.69, 9.17) is 166 Å². The van der Waals surface area contributed by atoms with E-state index in [-0.39, 0.29) is 0 Å². The zero-order valence-corrected chi connectivity index (χ0v) is 123. The normalized spacial score (nSPS) is 25.6. The van der Waals surface area contributed by atoms with E-state index in [1.165, 1.54) is 94.7 Å². The summed E-state index contributed by atoms with van der Waals surface area (Å²) in [4.78, 5) is 0. The van der Waals surface area contributed by atoms with E-state index in [0.717, 1.165) is 44.8 Å². The van der Waals surface area contributed by atoms with Crippen LogP contribution in [0.2, 0.25) is 52.4 Å². The second-order valence-electron chi connectivity index (χ2n) is 37.5. The molecule has 0 aliphatic heterocycles. The smallest absolute Gasteiger partial charge is 0.377 e. The Balaban J connectivity index is -0.000000215. The van der Waals surface area contributed by atoms with Gasteiger partial charge in [-0.15, -0.1) is 113 Å². The fraction of sp³-hybridized carbons (Fsp3) is 1.00. The highest BCUT2D eigenvalue weighted by Gasteiger charge is 2.39. The molecule has 16 aliphatic rings. The fourth-order valence-corrected chi connectivity index (χ4v) is 24.4. The predicted molar refractivity (Wildman–Crippen MR) is 677 cm³/mol. The number of rotatable bonds is 18. The maximum atomic E-state index is 5.40. The molecule has 16 saturated carbocycles. The average molecular weight is 2960 g/mol. The first kappa shape index (κ1) is 162. The molecule has 0 aromatic carbocycles. The van der Waals surface area contributed by atoms with Gasteiger partial charge in [0.05, 0.1) is 0 Å². The molecule has 0 heterocycles. The van der Waals surface area contributed by atoms with Crippen molar-refractivity contribution < 1.29 is 53.1 Å². The van der Waals surface area contributed by atoms with Gasteiger partial charge >= 0.3 is 47.2 Å². The van der Waals surface area contributed by atoms with Crippen molar-refractivity contribution in [1.82, 2.24) is 0 Å². The second-order valence-corrected chi connectivity index (χ2v) is 126. The summed E-state index contributed by atoms with van der Waals surface area (Å²) in [6.45, 7) is 46.2.